The highest BCUT2D eigenvalue weighted by atomic mass is 16.5. The summed E-state index contributed by atoms with van der Waals surface area (Å²) in [5, 5.41) is 12.2. The summed E-state index contributed by atoms with van der Waals surface area (Å²) in [4.78, 5) is 27.6. The third-order valence-electron chi connectivity index (χ3n) is 3.35. The lowest BCUT2D eigenvalue weighted by Crippen LogP contribution is -2.13. The van der Waals surface area contributed by atoms with Crippen LogP contribution in [-0.2, 0) is 4.79 Å². The molecule has 8 heteroatoms. The van der Waals surface area contributed by atoms with Crippen LogP contribution in [0.25, 0.3) is 0 Å². The highest BCUT2D eigenvalue weighted by Gasteiger charge is 2.08. The molecule has 2 heterocycles. The summed E-state index contributed by atoms with van der Waals surface area (Å²) in [7, 11) is 0. The van der Waals surface area contributed by atoms with Crippen molar-refractivity contribution in [3.05, 3.63) is 60.0 Å². The molecule has 3 aromatic rings. The first kappa shape index (κ1) is 17.2. The number of hydrogen-bond acceptors (Lipinski definition) is 6. The third-order valence-corrected chi connectivity index (χ3v) is 3.35. The highest BCUT2D eigenvalue weighted by molar-refractivity contribution is 6.04. The number of benzene rings is 1. The summed E-state index contributed by atoms with van der Waals surface area (Å²) in [5.41, 5.74) is 1.58. The molecule has 3 N–H and O–H groups in total. The second-order valence-corrected chi connectivity index (χ2v) is 5.60. The summed E-state index contributed by atoms with van der Waals surface area (Å²) < 4.78 is 4.97. The van der Waals surface area contributed by atoms with Crippen LogP contribution in [0.2, 0.25) is 0 Å². The molecule has 1 aromatic carbocycles. The van der Waals surface area contributed by atoms with Gasteiger partial charge in [-0.1, -0.05) is 11.2 Å². The Hall–Kier alpha value is -3.68. The molecule has 0 saturated heterocycles. The van der Waals surface area contributed by atoms with Crippen LogP contribution in [-0.4, -0.2) is 22.0 Å². The number of anilines is 4. The van der Waals surface area contributed by atoms with Gasteiger partial charge in [0.15, 0.2) is 5.82 Å². The molecule has 0 fully saturated rings. The van der Waals surface area contributed by atoms with Crippen molar-refractivity contribution in [2.75, 3.05) is 16.0 Å². The first-order chi connectivity index (χ1) is 12.5. The van der Waals surface area contributed by atoms with Crippen molar-refractivity contribution in [2.45, 2.75) is 13.8 Å². The van der Waals surface area contributed by atoms with Crippen molar-refractivity contribution < 1.29 is 14.1 Å². The predicted molar refractivity (Wildman–Crippen MR) is 97.5 cm³/mol. The Kier molecular flexibility index (Phi) is 4.93. The van der Waals surface area contributed by atoms with Gasteiger partial charge < -0.3 is 20.5 Å². The number of carbonyl (C=O) groups excluding carboxylic acids is 2. The average molecular weight is 351 g/mol. The molecule has 0 bridgehead atoms. The van der Waals surface area contributed by atoms with E-state index in [4.69, 9.17) is 4.52 Å². The molecular formula is C18H17N5O3. The highest BCUT2D eigenvalue weighted by Crippen LogP contribution is 2.17. The molecule has 0 aliphatic heterocycles. The Morgan fingerprint density at radius 3 is 2.38 bits per heavy atom. The van der Waals surface area contributed by atoms with Gasteiger partial charge in [-0.25, -0.2) is 4.98 Å². The SMILES string of the molecule is CC(=O)Nc1cccc(NC(=O)c2ccc(Nc3cc(C)on3)nc2)c1. The van der Waals surface area contributed by atoms with E-state index >= 15 is 0 Å². The predicted octanol–water partition coefficient (Wildman–Crippen LogP) is 3.33. The fourth-order valence-corrected chi connectivity index (χ4v) is 2.24. The normalized spacial score (nSPS) is 10.2. The van der Waals surface area contributed by atoms with Gasteiger partial charge in [-0.05, 0) is 37.3 Å². The number of aryl methyl sites for hydroxylation is 1. The molecule has 0 spiro atoms. The van der Waals surface area contributed by atoms with Gasteiger partial charge in [-0.3, -0.25) is 9.59 Å². The minimum atomic E-state index is -0.304. The van der Waals surface area contributed by atoms with Crippen molar-refractivity contribution in [1.29, 1.82) is 0 Å². The van der Waals surface area contributed by atoms with E-state index in [1.807, 2.05) is 0 Å². The number of hydrogen-bond donors (Lipinski definition) is 3. The first-order valence-electron chi connectivity index (χ1n) is 7.85. The molecular weight excluding hydrogens is 334 g/mol. The van der Waals surface area contributed by atoms with E-state index in [2.05, 4.69) is 26.1 Å². The number of pyridine rings is 1. The molecule has 0 atom stereocenters. The summed E-state index contributed by atoms with van der Waals surface area (Å²) in [6.45, 7) is 3.22. The van der Waals surface area contributed by atoms with Crippen LogP contribution in [0.5, 0.6) is 0 Å². The number of amides is 2. The van der Waals surface area contributed by atoms with E-state index in [0.717, 1.165) is 0 Å². The lowest BCUT2D eigenvalue weighted by molar-refractivity contribution is -0.114. The van der Waals surface area contributed by atoms with Gasteiger partial charge in [-0.2, -0.15) is 0 Å². The van der Waals surface area contributed by atoms with E-state index in [-0.39, 0.29) is 11.8 Å². The number of nitrogens with zero attached hydrogens (tertiary/aromatic N) is 2. The van der Waals surface area contributed by atoms with Gasteiger partial charge in [0.1, 0.15) is 11.6 Å². The van der Waals surface area contributed by atoms with Gasteiger partial charge in [-0.15, -0.1) is 0 Å². The van der Waals surface area contributed by atoms with Gasteiger partial charge in [0.2, 0.25) is 5.91 Å². The van der Waals surface area contributed by atoms with Crippen molar-refractivity contribution in [3.8, 4) is 0 Å². The van der Waals surface area contributed by atoms with Gasteiger partial charge >= 0.3 is 0 Å². The maximum Gasteiger partial charge on any atom is 0.257 e. The number of carbonyl (C=O) groups is 2. The Balaban J connectivity index is 1.65. The Morgan fingerprint density at radius 2 is 1.77 bits per heavy atom. The van der Waals surface area contributed by atoms with E-state index in [0.29, 0.717) is 34.3 Å². The van der Waals surface area contributed by atoms with Crippen LogP contribution >= 0.6 is 0 Å². The molecule has 0 unspecified atom stereocenters. The summed E-state index contributed by atoms with van der Waals surface area (Å²) in [6, 6.07) is 12.0. The molecule has 26 heavy (non-hydrogen) atoms. The second kappa shape index (κ2) is 7.47. The fraction of sp³-hybridized carbons (Fsp3) is 0.111. The van der Waals surface area contributed by atoms with Gasteiger partial charge in [0.25, 0.3) is 5.91 Å². The van der Waals surface area contributed by atoms with E-state index in [1.165, 1.54) is 13.1 Å². The average Bonchev–Trinajstić information content (AvgIpc) is 3.00. The van der Waals surface area contributed by atoms with Crippen LogP contribution in [0, 0.1) is 6.92 Å². The summed E-state index contributed by atoms with van der Waals surface area (Å²) in [5.74, 6) is 1.29. The fourth-order valence-electron chi connectivity index (χ4n) is 2.24. The monoisotopic (exact) mass is 351 g/mol. The summed E-state index contributed by atoms with van der Waals surface area (Å²) in [6.07, 6.45) is 1.46. The zero-order chi connectivity index (χ0) is 18.5. The van der Waals surface area contributed by atoms with Crippen LogP contribution in [0.1, 0.15) is 23.0 Å². The largest absolute Gasteiger partial charge is 0.360 e. The maximum absolute atomic E-state index is 12.3. The Bertz CT molecular complexity index is 934. The van der Waals surface area contributed by atoms with Crippen LogP contribution in [0.15, 0.2) is 53.2 Å². The Labute approximate surface area is 149 Å². The molecule has 0 radical (unpaired) electrons. The molecule has 132 valence electrons. The quantitative estimate of drug-likeness (QED) is 0.650. The second-order valence-electron chi connectivity index (χ2n) is 5.60. The number of aromatic nitrogens is 2. The standard InChI is InChI=1S/C18H17N5O3/c1-11-8-17(23-26-11)22-16-7-6-13(10-19-16)18(25)21-15-5-3-4-14(9-15)20-12(2)24/h3-10H,1-2H3,(H,20,24)(H,21,25)(H,19,22,23). The third kappa shape index (κ3) is 4.44. The topological polar surface area (TPSA) is 109 Å². The molecule has 0 aliphatic carbocycles. The molecule has 3 rings (SSSR count). The van der Waals surface area contributed by atoms with Crippen molar-refractivity contribution in [2.24, 2.45) is 0 Å². The first-order valence-corrected chi connectivity index (χ1v) is 7.85. The lowest BCUT2D eigenvalue weighted by Gasteiger charge is -2.08. The zero-order valence-electron chi connectivity index (χ0n) is 14.2. The molecule has 0 saturated carbocycles. The van der Waals surface area contributed by atoms with Crippen LogP contribution < -0.4 is 16.0 Å². The Morgan fingerprint density at radius 1 is 1.00 bits per heavy atom. The maximum atomic E-state index is 12.3. The smallest absolute Gasteiger partial charge is 0.257 e. The summed E-state index contributed by atoms with van der Waals surface area (Å²) >= 11 is 0. The number of nitrogens with one attached hydrogen (secondary N) is 3. The van der Waals surface area contributed by atoms with E-state index in [9.17, 15) is 9.59 Å². The van der Waals surface area contributed by atoms with E-state index in [1.54, 1.807) is 49.4 Å². The van der Waals surface area contributed by atoms with Crippen molar-refractivity contribution in [3.63, 3.8) is 0 Å². The van der Waals surface area contributed by atoms with Gasteiger partial charge in [0.05, 0.1) is 5.56 Å². The molecule has 0 aliphatic rings. The minimum Gasteiger partial charge on any atom is -0.360 e. The molecule has 2 amide bonds. The zero-order valence-corrected chi connectivity index (χ0v) is 14.2. The molecule has 2 aromatic heterocycles. The van der Waals surface area contributed by atoms with Gasteiger partial charge in [0, 0.05) is 30.6 Å². The minimum absolute atomic E-state index is 0.178. The number of rotatable bonds is 5. The molecule has 8 nitrogen and oxygen atoms in total. The lowest BCUT2D eigenvalue weighted by atomic mass is 10.2. The van der Waals surface area contributed by atoms with E-state index < -0.39 is 0 Å². The van der Waals surface area contributed by atoms with Crippen molar-refractivity contribution in [1.82, 2.24) is 10.1 Å². The van der Waals surface area contributed by atoms with Crippen LogP contribution in [0.4, 0.5) is 23.0 Å². The van der Waals surface area contributed by atoms with Crippen LogP contribution in [0.3, 0.4) is 0 Å². The van der Waals surface area contributed by atoms with Crippen molar-refractivity contribution >= 4 is 34.8 Å².